The van der Waals surface area contributed by atoms with E-state index in [-0.39, 0.29) is 11.0 Å². The van der Waals surface area contributed by atoms with Crippen molar-refractivity contribution < 1.29 is 9.21 Å². The average molecular weight is 383 g/mol. The summed E-state index contributed by atoms with van der Waals surface area (Å²) < 4.78 is 5.38. The Hall–Kier alpha value is -2.96. The number of nitrogens with zero attached hydrogens (tertiary/aromatic N) is 1. The fourth-order valence-corrected chi connectivity index (χ4v) is 3.32. The molecule has 0 aliphatic heterocycles. The van der Waals surface area contributed by atoms with Gasteiger partial charge in [0.15, 0.2) is 5.13 Å². The second kappa shape index (κ2) is 6.74. The SMILES string of the molecule is O=C(Nc1nc(-c2ccc(Cl)cc2)cs1)c1coc2ccccc2c1=O. The third-order valence-corrected chi connectivity index (χ3v) is 4.80. The van der Waals surface area contributed by atoms with Crippen molar-refractivity contribution >= 4 is 44.9 Å². The summed E-state index contributed by atoms with van der Waals surface area (Å²) in [7, 11) is 0. The molecule has 0 saturated heterocycles. The molecule has 26 heavy (non-hydrogen) atoms. The topological polar surface area (TPSA) is 72.2 Å². The summed E-state index contributed by atoms with van der Waals surface area (Å²) in [6.07, 6.45) is 1.17. The number of carbonyl (C=O) groups excluding carboxylic acids is 1. The first-order chi connectivity index (χ1) is 12.6. The molecule has 2 heterocycles. The van der Waals surface area contributed by atoms with Crippen LogP contribution in [0.4, 0.5) is 5.13 Å². The maximum absolute atomic E-state index is 12.5. The molecule has 4 aromatic rings. The predicted octanol–water partition coefficient (Wildman–Crippen LogP) is 4.82. The molecule has 0 radical (unpaired) electrons. The van der Waals surface area contributed by atoms with Crippen molar-refractivity contribution in [2.24, 2.45) is 0 Å². The molecule has 2 aromatic carbocycles. The van der Waals surface area contributed by atoms with Crippen molar-refractivity contribution in [2.75, 3.05) is 5.32 Å². The van der Waals surface area contributed by atoms with E-state index in [9.17, 15) is 9.59 Å². The summed E-state index contributed by atoms with van der Waals surface area (Å²) in [6.45, 7) is 0. The lowest BCUT2D eigenvalue weighted by Gasteiger charge is -2.02. The Balaban J connectivity index is 1.60. The van der Waals surface area contributed by atoms with E-state index in [1.165, 1.54) is 17.6 Å². The van der Waals surface area contributed by atoms with Gasteiger partial charge in [0.25, 0.3) is 5.91 Å². The highest BCUT2D eigenvalue weighted by atomic mass is 35.5. The van der Waals surface area contributed by atoms with E-state index >= 15 is 0 Å². The van der Waals surface area contributed by atoms with Crippen LogP contribution in [0.3, 0.4) is 0 Å². The number of aromatic nitrogens is 1. The van der Waals surface area contributed by atoms with E-state index in [2.05, 4.69) is 10.3 Å². The monoisotopic (exact) mass is 382 g/mol. The molecule has 4 rings (SSSR count). The Morgan fingerprint density at radius 3 is 2.69 bits per heavy atom. The number of halogens is 1. The molecule has 128 valence electrons. The van der Waals surface area contributed by atoms with Crippen molar-refractivity contribution in [1.82, 2.24) is 4.98 Å². The van der Waals surface area contributed by atoms with Crippen LogP contribution in [0.25, 0.3) is 22.2 Å². The van der Waals surface area contributed by atoms with Crippen LogP contribution in [0.15, 0.2) is 69.4 Å². The summed E-state index contributed by atoms with van der Waals surface area (Å²) in [5.41, 5.74) is 1.60. The molecule has 0 unspecified atom stereocenters. The van der Waals surface area contributed by atoms with Crippen LogP contribution < -0.4 is 10.7 Å². The van der Waals surface area contributed by atoms with Crippen LogP contribution in [-0.2, 0) is 0 Å². The highest BCUT2D eigenvalue weighted by Crippen LogP contribution is 2.26. The molecule has 0 atom stereocenters. The summed E-state index contributed by atoms with van der Waals surface area (Å²) in [6, 6.07) is 14.0. The summed E-state index contributed by atoms with van der Waals surface area (Å²) in [5, 5.41) is 5.87. The lowest BCUT2D eigenvalue weighted by Crippen LogP contribution is -2.21. The van der Waals surface area contributed by atoms with Crippen LogP contribution in [-0.4, -0.2) is 10.9 Å². The first-order valence-corrected chi connectivity index (χ1v) is 8.91. The summed E-state index contributed by atoms with van der Waals surface area (Å²) in [5.74, 6) is -0.554. The van der Waals surface area contributed by atoms with Crippen LogP contribution in [0, 0.1) is 0 Å². The molecular weight excluding hydrogens is 372 g/mol. The van der Waals surface area contributed by atoms with E-state index in [1.807, 2.05) is 17.5 Å². The van der Waals surface area contributed by atoms with Crippen molar-refractivity contribution in [1.29, 1.82) is 0 Å². The fraction of sp³-hybridized carbons (Fsp3) is 0. The highest BCUT2D eigenvalue weighted by molar-refractivity contribution is 7.14. The number of hydrogen-bond acceptors (Lipinski definition) is 5. The van der Waals surface area contributed by atoms with E-state index in [4.69, 9.17) is 16.0 Å². The van der Waals surface area contributed by atoms with E-state index in [0.717, 1.165) is 5.56 Å². The first kappa shape index (κ1) is 16.5. The fourth-order valence-electron chi connectivity index (χ4n) is 2.48. The second-order valence-electron chi connectivity index (χ2n) is 5.47. The number of nitrogens with one attached hydrogen (secondary N) is 1. The van der Waals surface area contributed by atoms with Gasteiger partial charge in [0.1, 0.15) is 17.4 Å². The van der Waals surface area contributed by atoms with Crippen LogP contribution in [0.5, 0.6) is 0 Å². The summed E-state index contributed by atoms with van der Waals surface area (Å²) in [4.78, 5) is 29.3. The van der Waals surface area contributed by atoms with Gasteiger partial charge in [-0.3, -0.25) is 14.9 Å². The number of amides is 1. The van der Waals surface area contributed by atoms with Crippen LogP contribution in [0.1, 0.15) is 10.4 Å². The lowest BCUT2D eigenvalue weighted by molar-refractivity contribution is 0.102. The smallest absolute Gasteiger partial charge is 0.264 e. The highest BCUT2D eigenvalue weighted by Gasteiger charge is 2.16. The molecule has 0 fully saturated rings. The van der Waals surface area contributed by atoms with Crippen molar-refractivity contribution in [3.8, 4) is 11.3 Å². The lowest BCUT2D eigenvalue weighted by atomic mass is 10.1. The number of anilines is 1. The largest absolute Gasteiger partial charge is 0.463 e. The normalized spacial score (nSPS) is 10.8. The van der Waals surface area contributed by atoms with Gasteiger partial charge in [-0.15, -0.1) is 11.3 Å². The Kier molecular flexibility index (Phi) is 4.28. The Morgan fingerprint density at radius 2 is 1.88 bits per heavy atom. The maximum atomic E-state index is 12.5. The van der Waals surface area contributed by atoms with Gasteiger partial charge in [-0.2, -0.15) is 0 Å². The second-order valence-corrected chi connectivity index (χ2v) is 6.77. The molecule has 0 spiro atoms. The molecule has 1 N–H and O–H groups in total. The third-order valence-electron chi connectivity index (χ3n) is 3.79. The Morgan fingerprint density at radius 1 is 1.12 bits per heavy atom. The van der Waals surface area contributed by atoms with Gasteiger partial charge in [0.05, 0.1) is 11.1 Å². The number of hydrogen-bond donors (Lipinski definition) is 1. The number of fused-ring (bicyclic) bond motifs is 1. The molecule has 0 aliphatic rings. The zero-order valence-corrected chi connectivity index (χ0v) is 14.8. The van der Waals surface area contributed by atoms with E-state index in [1.54, 1.807) is 36.4 Å². The van der Waals surface area contributed by atoms with Gasteiger partial charge in [0.2, 0.25) is 5.43 Å². The minimum absolute atomic E-state index is 0.0630. The third kappa shape index (κ3) is 3.12. The zero-order chi connectivity index (χ0) is 18.1. The zero-order valence-electron chi connectivity index (χ0n) is 13.2. The predicted molar refractivity (Wildman–Crippen MR) is 103 cm³/mol. The average Bonchev–Trinajstić information content (AvgIpc) is 3.11. The van der Waals surface area contributed by atoms with Gasteiger partial charge in [-0.1, -0.05) is 35.9 Å². The van der Waals surface area contributed by atoms with Crippen molar-refractivity contribution in [3.63, 3.8) is 0 Å². The number of benzene rings is 2. The molecule has 5 nitrogen and oxygen atoms in total. The van der Waals surface area contributed by atoms with E-state index in [0.29, 0.717) is 26.8 Å². The van der Waals surface area contributed by atoms with Crippen molar-refractivity contribution in [3.05, 3.63) is 81.0 Å². The van der Waals surface area contributed by atoms with Gasteiger partial charge in [0, 0.05) is 16.0 Å². The minimum atomic E-state index is -0.554. The molecule has 7 heteroatoms. The van der Waals surface area contributed by atoms with Gasteiger partial charge in [-0.05, 0) is 24.3 Å². The minimum Gasteiger partial charge on any atom is -0.463 e. The molecule has 2 aromatic heterocycles. The number of thiazole rings is 1. The van der Waals surface area contributed by atoms with Gasteiger partial charge >= 0.3 is 0 Å². The standard InChI is InChI=1S/C19H11ClN2O3S/c20-12-7-5-11(6-8-12)15-10-26-19(21-15)22-18(24)14-9-25-16-4-2-1-3-13(16)17(14)23/h1-10H,(H,21,22,24). The molecule has 0 aliphatic carbocycles. The Bertz CT molecular complexity index is 1170. The Labute approximate surface area is 156 Å². The first-order valence-electron chi connectivity index (χ1n) is 7.65. The van der Waals surface area contributed by atoms with Crippen LogP contribution >= 0.6 is 22.9 Å². The number of para-hydroxylation sites is 1. The molecular formula is C19H11ClN2O3S. The number of rotatable bonds is 3. The molecule has 0 bridgehead atoms. The van der Waals surface area contributed by atoms with Crippen molar-refractivity contribution in [2.45, 2.75) is 0 Å². The van der Waals surface area contributed by atoms with E-state index < -0.39 is 5.91 Å². The van der Waals surface area contributed by atoms with Gasteiger partial charge in [-0.25, -0.2) is 4.98 Å². The maximum Gasteiger partial charge on any atom is 0.264 e. The molecule has 0 saturated carbocycles. The van der Waals surface area contributed by atoms with Crippen LogP contribution in [0.2, 0.25) is 5.02 Å². The quantitative estimate of drug-likeness (QED) is 0.551. The molecule has 1 amide bonds. The summed E-state index contributed by atoms with van der Waals surface area (Å²) >= 11 is 7.16. The van der Waals surface area contributed by atoms with Gasteiger partial charge < -0.3 is 4.42 Å². The number of carbonyl (C=O) groups is 1.